The van der Waals surface area contributed by atoms with Gasteiger partial charge < -0.3 is 9.84 Å². The lowest BCUT2D eigenvalue weighted by Crippen LogP contribution is -2.37. The molecule has 0 aliphatic carbocycles. The summed E-state index contributed by atoms with van der Waals surface area (Å²) in [5.74, 6) is 0.0185. The molecule has 2 aromatic carbocycles. The van der Waals surface area contributed by atoms with Crippen molar-refractivity contribution in [3.05, 3.63) is 71.3 Å². The van der Waals surface area contributed by atoms with Crippen molar-refractivity contribution in [1.29, 1.82) is 0 Å². The SMILES string of the molecule is CC(C)C(=O)Oc1ccc(CO)cc1/C(=C/CN(C(C)C)C(C)C)c1ccccc1. The van der Waals surface area contributed by atoms with Gasteiger partial charge in [0.15, 0.2) is 0 Å². The van der Waals surface area contributed by atoms with Gasteiger partial charge in [-0.3, -0.25) is 9.69 Å². The highest BCUT2D eigenvalue weighted by Crippen LogP contribution is 2.33. The summed E-state index contributed by atoms with van der Waals surface area (Å²) in [6, 6.07) is 16.4. The largest absolute Gasteiger partial charge is 0.426 e. The van der Waals surface area contributed by atoms with Gasteiger partial charge in [-0.15, -0.1) is 0 Å². The van der Waals surface area contributed by atoms with Crippen molar-refractivity contribution in [3.8, 4) is 5.75 Å². The highest BCUT2D eigenvalue weighted by Gasteiger charge is 2.18. The molecule has 4 heteroatoms. The number of ether oxygens (including phenoxy) is 1. The highest BCUT2D eigenvalue weighted by atomic mass is 16.5. The van der Waals surface area contributed by atoms with Gasteiger partial charge in [0.2, 0.25) is 0 Å². The minimum atomic E-state index is -0.272. The predicted octanol–water partition coefficient (Wildman–Crippen LogP) is 5.29. The third-order valence-corrected chi connectivity index (χ3v) is 5.12. The van der Waals surface area contributed by atoms with Crippen LogP contribution in [0.25, 0.3) is 5.57 Å². The summed E-state index contributed by atoms with van der Waals surface area (Å²) in [7, 11) is 0. The smallest absolute Gasteiger partial charge is 0.313 e. The van der Waals surface area contributed by atoms with Crippen LogP contribution in [0.5, 0.6) is 5.75 Å². The van der Waals surface area contributed by atoms with Crippen LogP contribution in [0.3, 0.4) is 0 Å². The number of aliphatic hydroxyl groups is 1. The van der Waals surface area contributed by atoms with Gasteiger partial charge in [-0.05, 0) is 56.5 Å². The molecule has 0 radical (unpaired) electrons. The second kappa shape index (κ2) is 11.1. The van der Waals surface area contributed by atoms with Crippen molar-refractivity contribution in [2.24, 2.45) is 5.92 Å². The average molecular weight is 410 g/mol. The highest BCUT2D eigenvalue weighted by molar-refractivity contribution is 5.85. The summed E-state index contributed by atoms with van der Waals surface area (Å²) in [5, 5.41) is 9.70. The number of nitrogens with zero attached hydrogens (tertiary/aromatic N) is 1. The molecule has 30 heavy (non-hydrogen) atoms. The van der Waals surface area contributed by atoms with Crippen LogP contribution in [0.15, 0.2) is 54.6 Å². The number of hydrogen-bond acceptors (Lipinski definition) is 4. The first-order chi connectivity index (χ1) is 14.2. The Labute approximate surface area is 181 Å². The molecule has 0 saturated carbocycles. The van der Waals surface area contributed by atoms with Crippen LogP contribution in [0, 0.1) is 5.92 Å². The molecule has 0 spiro atoms. The van der Waals surface area contributed by atoms with Crippen LogP contribution >= 0.6 is 0 Å². The van der Waals surface area contributed by atoms with E-state index in [0.717, 1.165) is 28.8 Å². The summed E-state index contributed by atoms with van der Waals surface area (Å²) in [5.41, 5.74) is 3.63. The molecule has 4 nitrogen and oxygen atoms in total. The van der Waals surface area contributed by atoms with E-state index in [1.54, 1.807) is 12.1 Å². The molecule has 0 fully saturated rings. The average Bonchev–Trinajstić information content (AvgIpc) is 2.71. The monoisotopic (exact) mass is 409 g/mol. The molecule has 0 unspecified atom stereocenters. The second-order valence-corrected chi connectivity index (χ2v) is 8.43. The Morgan fingerprint density at radius 1 is 1.00 bits per heavy atom. The topological polar surface area (TPSA) is 49.8 Å². The van der Waals surface area contributed by atoms with Crippen molar-refractivity contribution in [2.75, 3.05) is 6.54 Å². The van der Waals surface area contributed by atoms with E-state index in [2.05, 4.69) is 50.8 Å². The molecule has 2 aromatic rings. The van der Waals surface area contributed by atoms with Gasteiger partial charge in [-0.25, -0.2) is 0 Å². The maximum atomic E-state index is 12.3. The molecule has 0 atom stereocenters. The lowest BCUT2D eigenvalue weighted by molar-refractivity contribution is -0.137. The molecule has 0 amide bonds. The van der Waals surface area contributed by atoms with Gasteiger partial charge in [0.25, 0.3) is 0 Å². The van der Waals surface area contributed by atoms with Gasteiger partial charge in [-0.1, -0.05) is 56.3 Å². The standard InChI is InChI=1S/C26H35NO3/c1-18(2)26(29)30-25-13-12-21(17-28)16-24(25)23(22-10-8-7-9-11-22)14-15-27(19(3)4)20(5)6/h7-14,16,18-20,28H,15,17H2,1-6H3/b23-14+. The normalized spacial score (nSPS) is 12.3. The van der Waals surface area contributed by atoms with E-state index in [1.165, 1.54) is 0 Å². The molecule has 0 saturated heterocycles. The molecule has 162 valence electrons. The van der Waals surface area contributed by atoms with Crippen LogP contribution in [-0.4, -0.2) is 34.6 Å². The quantitative estimate of drug-likeness (QED) is 0.451. The van der Waals surface area contributed by atoms with Crippen LogP contribution in [0.2, 0.25) is 0 Å². The Morgan fingerprint density at radius 3 is 2.17 bits per heavy atom. The number of aliphatic hydroxyl groups excluding tert-OH is 1. The van der Waals surface area contributed by atoms with Gasteiger partial charge in [0, 0.05) is 24.2 Å². The zero-order valence-electron chi connectivity index (χ0n) is 19.1. The zero-order chi connectivity index (χ0) is 22.3. The molecular weight excluding hydrogens is 374 g/mol. The Kier molecular flexibility index (Phi) is 8.82. The maximum Gasteiger partial charge on any atom is 0.313 e. The summed E-state index contributed by atoms with van der Waals surface area (Å²) in [6.07, 6.45) is 2.19. The summed E-state index contributed by atoms with van der Waals surface area (Å²) in [6.45, 7) is 13.1. The summed E-state index contributed by atoms with van der Waals surface area (Å²) in [4.78, 5) is 14.7. The van der Waals surface area contributed by atoms with Crippen molar-refractivity contribution in [1.82, 2.24) is 4.90 Å². The fourth-order valence-electron chi connectivity index (χ4n) is 3.42. The summed E-state index contributed by atoms with van der Waals surface area (Å²) >= 11 is 0. The molecule has 2 rings (SSSR count). The second-order valence-electron chi connectivity index (χ2n) is 8.43. The van der Waals surface area contributed by atoms with E-state index in [4.69, 9.17) is 4.74 Å². The number of carbonyl (C=O) groups is 1. The van der Waals surface area contributed by atoms with Gasteiger partial charge >= 0.3 is 5.97 Å². The van der Waals surface area contributed by atoms with E-state index in [-0.39, 0.29) is 18.5 Å². The molecule has 1 N–H and O–H groups in total. The molecular formula is C26H35NO3. The van der Waals surface area contributed by atoms with Crippen molar-refractivity contribution >= 4 is 11.5 Å². The first-order valence-corrected chi connectivity index (χ1v) is 10.7. The number of carbonyl (C=O) groups excluding carboxylic acids is 1. The van der Waals surface area contributed by atoms with E-state index >= 15 is 0 Å². The maximum absolute atomic E-state index is 12.3. The number of esters is 1. The molecule has 0 heterocycles. The van der Waals surface area contributed by atoms with Crippen LogP contribution in [0.1, 0.15) is 58.2 Å². The number of hydrogen-bond donors (Lipinski definition) is 1. The number of rotatable bonds is 9. The van der Waals surface area contributed by atoms with Crippen molar-refractivity contribution < 1.29 is 14.6 Å². The number of benzene rings is 2. The predicted molar refractivity (Wildman–Crippen MR) is 123 cm³/mol. The Hall–Kier alpha value is -2.43. The molecule has 0 aromatic heterocycles. The lowest BCUT2D eigenvalue weighted by atomic mass is 9.95. The lowest BCUT2D eigenvalue weighted by Gasteiger charge is -2.29. The molecule has 0 bridgehead atoms. The third-order valence-electron chi connectivity index (χ3n) is 5.12. The van der Waals surface area contributed by atoms with Gasteiger partial charge in [-0.2, -0.15) is 0 Å². The Balaban J connectivity index is 2.60. The van der Waals surface area contributed by atoms with Crippen LogP contribution in [-0.2, 0) is 11.4 Å². The van der Waals surface area contributed by atoms with E-state index in [1.807, 2.05) is 38.1 Å². The zero-order valence-corrected chi connectivity index (χ0v) is 19.1. The first-order valence-electron chi connectivity index (χ1n) is 10.7. The van der Waals surface area contributed by atoms with E-state index in [9.17, 15) is 9.90 Å². The Morgan fingerprint density at radius 2 is 1.63 bits per heavy atom. The summed E-state index contributed by atoms with van der Waals surface area (Å²) < 4.78 is 5.74. The minimum absolute atomic E-state index is 0.0718. The van der Waals surface area contributed by atoms with E-state index < -0.39 is 0 Å². The fourth-order valence-corrected chi connectivity index (χ4v) is 3.42. The first kappa shape index (κ1) is 23.8. The molecule has 0 aliphatic heterocycles. The third kappa shape index (κ3) is 6.28. The molecule has 0 aliphatic rings. The van der Waals surface area contributed by atoms with Crippen LogP contribution in [0.4, 0.5) is 0 Å². The van der Waals surface area contributed by atoms with Gasteiger partial charge in [0.05, 0.1) is 12.5 Å². The van der Waals surface area contributed by atoms with Crippen LogP contribution < -0.4 is 4.74 Å². The minimum Gasteiger partial charge on any atom is -0.426 e. The fraction of sp³-hybridized carbons (Fsp3) is 0.423. The van der Waals surface area contributed by atoms with Crippen molar-refractivity contribution in [2.45, 2.75) is 60.2 Å². The Bertz CT molecular complexity index is 846. The van der Waals surface area contributed by atoms with Gasteiger partial charge in [0.1, 0.15) is 5.75 Å². The van der Waals surface area contributed by atoms with E-state index in [0.29, 0.717) is 17.8 Å². The van der Waals surface area contributed by atoms with Crippen molar-refractivity contribution in [3.63, 3.8) is 0 Å².